The monoisotopic (exact) mass is 474 g/mol. The molecule has 0 spiro atoms. The lowest BCUT2D eigenvalue weighted by Crippen LogP contribution is -2.32. The molecule has 2 aromatic rings. The van der Waals surface area contributed by atoms with Crippen molar-refractivity contribution in [3.8, 4) is 5.75 Å². The molecule has 0 aliphatic heterocycles. The number of halogens is 3. The van der Waals surface area contributed by atoms with Crippen LogP contribution >= 0.6 is 0 Å². The highest BCUT2D eigenvalue weighted by molar-refractivity contribution is 7.89. The van der Waals surface area contributed by atoms with Crippen molar-refractivity contribution < 1.29 is 40.7 Å². The van der Waals surface area contributed by atoms with E-state index in [1.54, 1.807) is 6.92 Å². The summed E-state index contributed by atoms with van der Waals surface area (Å²) in [6.45, 7) is 3.09. The van der Waals surface area contributed by atoms with Crippen molar-refractivity contribution in [2.75, 3.05) is 18.5 Å². The topological polar surface area (TPSA) is 111 Å². The molecule has 2 N–H and O–H groups in total. The molecule has 8 nitrogen and oxygen atoms in total. The number of rotatable bonds is 10. The summed E-state index contributed by atoms with van der Waals surface area (Å²) in [5.74, 6) is -6.17. The molecular weight excluding hydrogens is 453 g/mol. The Hall–Kier alpha value is -3.12. The molecular formula is C20H21F3N2O6S. The van der Waals surface area contributed by atoms with Gasteiger partial charge in [0.1, 0.15) is 5.75 Å². The number of anilines is 1. The van der Waals surface area contributed by atoms with Gasteiger partial charge in [0.2, 0.25) is 10.0 Å². The Kier molecular flexibility index (Phi) is 8.61. The summed E-state index contributed by atoms with van der Waals surface area (Å²) in [7, 11) is -3.89. The van der Waals surface area contributed by atoms with Gasteiger partial charge < -0.3 is 14.8 Å². The molecule has 0 aliphatic carbocycles. The first-order chi connectivity index (χ1) is 15.0. The Balaban J connectivity index is 1.84. The molecule has 0 saturated carbocycles. The molecule has 0 saturated heterocycles. The fourth-order valence-electron chi connectivity index (χ4n) is 2.42. The summed E-state index contributed by atoms with van der Waals surface area (Å²) in [4.78, 5) is 23.8. The standard InChI is InChI=1S/C20H21F3N2O6S/c1-3-30-13-4-6-14(7-5-13)32(28,29)24-11-10-17(26)31-12(2)20(27)25-16-9-8-15(21)18(22)19(16)23/h4-9,12,24H,3,10-11H2,1-2H3,(H,25,27). The van der Waals surface area contributed by atoms with Crippen LogP contribution < -0.4 is 14.8 Å². The second kappa shape index (κ2) is 11.0. The number of nitrogens with one attached hydrogen (secondary N) is 2. The van der Waals surface area contributed by atoms with E-state index >= 15 is 0 Å². The largest absolute Gasteiger partial charge is 0.494 e. The van der Waals surface area contributed by atoms with Crippen molar-refractivity contribution in [3.05, 3.63) is 53.8 Å². The molecule has 2 rings (SSSR count). The maximum absolute atomic E-state index is 13.6. The van der Waals surface area contributed by atoms with Crippen LogP contribution in [-0.2, 0) is 24.3 Å². The molecule has 12 heteroatoms. The van der Waals surface area contributed by atoms with Gasteiger partial charge in [-0.05, 0) is 50.2 Å². The van der Waals surface area contributed by atoms with Crippen molar-refractivity contribution in [2.24, 2.45) is 0 Å². The van der Waals surface area contributed by atoms with Gasteiger partial charge in [-0.15, -0.1) is 0 Å². The minimum Gasteiger partial charge on any atom is -0.494 e. The van der Waals surface area contributed by atoms with Crippen molar-refractivity contribution in [3.63, 3.8) is 0 Å². The van der Waals surface area contributed by atoms with Crippen molar-refractivity contribution in [1.29, 1.82) is 0 Å². The third kappa shape index (κ3) is 6.69. The van der Waals surface area contributed by atoms with Gasteiger partial charge in [0.25, 0.3) is 5.91 Å². The Labute approximate surface area is 182 Å². The molecule has 32 heavy (non-hydrogen) atoms. The molecule has 0 aliphatic rings. The van der Waals surface area contributed by atoms with Crippen LogP contribution in [0.1, 0.15) is 20.3 Å². The molecule has 0 radical (unpaired) electrons. The van der Waals surface area contributed by atoms with Crippen LogP contribution in [0.25, 0.3) is 0 Å². The molecule has 174 valence electrons. The van der Waals surface area contributed by atoms with Crippen LogP contribution in [0, 0.1) is 17.5 Å². The zero-order chi connectivity index (χ0) is 23.9. The van der Waals surface area contributed by atoms with Crippen LogP contribution in [-0.4, -0.2) is 39.5 Å². The fraction of sp³-hybridized carbons (Fsp3) is 0.300. The molecule has 0 fully saturated rings. The minimum atomic E-state index is -3.89. The zero-order valence-electron chi connectivity index (χ0n) is 17.2. The molecule has 0 aromatic heterocycles. The number of carbonyl (C=O) groups excluding carboxylic acids is 2. The van der Waals surface area contributed by atoms with Crippen LogP contribution in [0.15, 0.2) is 41.3 Å². The van der Waals surface area contributed by atoms with E-state index in [1.807, 2.05) is 5.32 Å². The maximum atomic E-state index is 13.6. The summed E-state index contributed by atoms with van der Waals surface area (Å²) in [5, 5.41) is 1.98. The molecule has 2 aromatic carbocycles. The van der Waals surface area contributed by atoms with Gasteiger partial charge in [0.05, 0.1) is 23.6 Å². The molecule has 1 unspecified atom stereocenters. The average molecular weight is 474 g/mol. The molecule has 0 bridgehead atoms. The minimum absolute atomic E-state index is 0.0318. The summed E-state index contributed by atoms with van der Waals surface area (Å²) in [6.07, 6.45) is -1.80. The number of carbonyl (C=O) groups is 2. The quantitative estimate of drug-likeness (QED) is 0.405. The summed E-state index contributed by atoms with van der Waals surface area (Å²) >= 11 is 0. The SMILES string of the molecule is CCOc1ccc(S(=O)(=O)NCCC(=O)OC(C)C(=O)Nc2ccc(F)c(F)c2F)cc1. The average Bonchev–Trinajstić information content (AvgIpc) is 2.74. The van der Waals surface area contributed by atoms with Gasteiger partial charge in [0, 0.05) is 6.54 Å². The second-order valence-electron chi connectivity index (χ2n) is 6.40. The highest BCUT2D eigenvalue weighted by Crippen LogP contribution is 2.20. The van der Waals surface area contributed by atoms with E-state index < -0.39 is 57.6 Å². The van der Waals surface area contributed by atoms with Gasteiger partial charge in [-0.1, -0.05) is 0 Å². The van der Waals surface area contributed by atoms with Gasteiger partial charge in [0.15, 0.2) is 23.6 Å². The lowest BCUT2D eigenvalue weighted by Gasteiger charge is -2.14. The van der Waals surface area contributed by atoms with E-state index in [9.17, 15) is 31.2 Å². The van der Waals surface area contributed by atoms with Crippen LogP contribution in [0.4, 0.5) is 18.9 Å². The highest BCUT2D eigenvalue weighted by Gasteiger charge is 2.22. The third-order valence-corrected chi connectivity index (χ3v) is 5.51. The number of sulfonamides is 1. The summed E-state index contributed by atoms with van der Waals surface area (Å²) < 4.78 is 76.6. The Bertz CT molecular complexity index is 1080. The van der Waals surface area contributed by atoms with E-state index in [0.717, 1.165) is 6.07 Å². The van der Waals surface area contributed by atoms with E-state index in [4.69, 9.17) is 9.47 Å². The first-order valence-electron chi connectivity index (χ1n) is 9.41. The lowest BCUT2D eigenvalue weighted by atomic mass is 10.2. The normalized spacial score (nSPS) is 12.2. The predicted molar refractivity (Wildman–Crippen MR) is 108 cm³/mol. The number of esters is 1. The molecule has 1 atom stereocenters. The van der Waals surface area contributed by atoms with Gasteiger partial charge in [-0.2, -0.15) is 0 Å². The Morgan fingerprint density at radius 1 is 1.03 bits per heavy atom. The molecule has 1 amide bonds. The lowest BCUT2D eigenvalue weighted by molar-refractivity contribution is -0.152. The van der Waals surface area contributed by atoms with Crippen molar-refractivity contribution in [2.45, 2.75) is 31.3 Å². The number of hydrogen-bond acceptors (Lipinski definition) is 6. The summed E-state index contributed by atoms with van der Waals surface area (Å²) in [6, 6.07) is 7.10. The van der Waals surface area contributed by atoms with Crippen molar-refractivity contribution in [1.82, 2.24) is 4.72 Å². The molecule has 0 heterocycles. The van der Waals surface area contributed by atoms with E-state index in [1.165, 1.54) is 31.2 Å². The summed E-state index contributed by atoms with van der Waals surface area (Å²) in [5.41, 5.74) is -0.625. The van der Waals surface area contributed by atoms with Crippen LogP contribution in [0.3, 0.4) is 0 Å². The van der Waals surface area contributed by atoms with Crippen LogP contribution in [0.2, 0.25) is 0 Å². The van der Waals surface area contributed by atoms with Gasteiger partial charge in [-0.25, -0.2) is 26.3 Å². The number of hydrogen-bond donors (Lipinski definition) is 2. The van der Waals surface area contributed by atoms with Crippen molar-refractivity contribution >= 4 is 27.6 Å². The fourth-order valence-corrected chi connectivity index (χ4v) is 3.45. The zero-order valence-corrected chi connectivity index (χ0v) is 18.0. The number of benzene rings is 2. The van der Waals surface area contributed by atoms with Crippen LogP contribution in [0.5, 0.6) is 5.75 Å². The second-order valence-corrected chi connectivity index (χ2v) is 8.16. The maximum Gasteiger partial charge on any atom is 0.307 e. The van der Waals surface area contributed by atoms with E-state index in [-0.39, 0.29) is 11.4 Å². The first-order valence-corrected chi connectivity index (χ1v) is 10.9. The number of ether oxygens (including phenoxy) is 2. The van der Waals surface area contributed by atoms with Gasteiger partial charge >= 0.3 is 5.97 Å². The third-order valence-electron chi connectivity index (χ3n) is 4.04. The van der Waals surface area contributed by atoms with E-state index in [2.05, 4.69) is 4.72 Å². The predicted octanol–water partition coefficient (Wildman–Crippen LogP) is 2.74. The van der Waals surface area contributed by atoms with E-state index in [0.29, 0.717) is 18.4 Å². The first kappa shape index (κ1) is 25.1. The Morgan fingerprint density at radius 2 is 1.69 bits per heavy atom. The number of amides is 1. The highest BCUT2D eigenvalue weighted by atomic mass is 32.2. The Morgan fingerprint density at radius 3 is 2.31 bits per heavy atom. The smallest absolute Gasteiger partial charge is 0.307 e. The van der Waals surface area contributed by atoms with Gasteiger partial charge in [-0.3, -0.25) is 9.59 Å².